The molecule has 0 aliphatic heterocycles. The molecule has 1 N–H and O–H groups in total. The molecule has 0 atom stereocenters. The van der Waals surface area contributed by atoms with Crippen LogP contribution in [0.4, 0.5) is 17.6 Å². The lowest BCUT2D eigenvalue weighted by molar-refractivity contribution is -0.147. The lowest BCUT2D eigenvalue weighted by atomic mass is 10.1. The first-order valence-electron chi connectivity index (χ1n) is 6.03. The molecule has 0 unspecified atom stereocenters. The van der Waals surface area contributed by atoms with Crippen LogP contribution in [0.5, 0.6) is 0 Å². The third kappa shape index (κ3) is 5.68. The molecule has 118 valence electrons. The van der Waals surface area contributed by atoms with Gasteiger partial charge in [0.1, 0.15) is 5.82 Å². The summed E-state index contributed by atoms with van der Waals surface area (Å²) in [6, 6.07) is 3.48. The number of rotatable bonds is 6. The van der Waals surface area contributed by atoms with Gasteiger partial charge < -0.3 is 9.84 Å². The number of carbonyl (C=O) groups is 1. The molecule has 0 bridgehead atoms. The molecule has 0 saturated carbocycles. The van der Waals surface area contributed by atoms with E-state index in [0.29, 0.717) is 0 Å². The fourth-order valence-corrected chi connectivity index (χ4v) is 1.80. The average Bonchev–Trinajstić information content (AvgIpc) is 2.36. The number of carbonyl (C=O) groups excluding carboxylic acids is 1. The second kappa shape index (κ2) is 7.37. The third-order valence-corrected chi connectivity index (χ3v) is 2.66. The van der Waals surface area contributed by atoms with Crippen LogP contribution in [0.25, 0.3) is 0 Å². The van der Waals surface area contributed by atoms with E-state index in [1.807, 2.05) is 0 Å². The summed E-state index contributed by atoms with van der Waals surface area (Å²) in [5.74, 6) is -1.73. The zero-order valence-corrected chi connectivity index (χ0v) is 11.3. The van der Waals surface area contributed by atoms with Crippen molar-refractivity contribution in [3.8, 4) is 0 Å². The molecule has 0 saturated heterocycles. The Morgan fingerprint density at radius 3 is 2.52 bits per heavy atom. The van der Waals surface area contributed by atoms with Crippen molar-refractivity contribution in [2.45, 2.75) is 12.7 Å². The topological polar surface area (TPSA) is 49.8 Å². The van der Waals surface area contributed by atoms with Crippen LogP contribution in [-0.4, -0.2) is 49.0 Å². The van der Waals surface area contributed by atoms with Gasteiger partial charge in [0, 0.05) is 13.1 Å². The first-order valence-corrected chi connectivity index (χ1v) is 6.03. The number of hydrogen-bond donors (Lipinski definition) is 1. The third-order valence-electron chi connectivity index (χ3n) is 2.66. The molecule has 0 spiro atoms. The minimum Gasteiger partial charge on any atom is -0.465 e. The van der Waals surface area contributed by atoms with E-state index in [-0.39, 0.29) is 24.2 Å². The van der Waals surface area contributed by atoms with Gasteiger partial charge in [0.15, 0.2) is 0 Å². The number of hydrogen-bond acceptors (Lipinski definition) is 4. The van der Waals surface area contributed by atoms with Gasteiger partial charge in [0.2, 0.25) is 0 Å². The predicted octanol–water partition coefficient (Wildman–Crippen LogP) is 1.97. The summed E-state index contributed by atoms with van der Waals surface area (Å²) in [5, 5.41) is 8.77. The Kier molecular flexibility index (Phi) is 6.10. The molecule has 8 heteroatoms. The predicted molar refractivity (Wildman–Crippen MR) is 66.2 cm³/mol. The van der Waals surface area contributed by atoms with Crippen LogP contribution in [0.3, 0.4) is 0 Å². The van der Waals surface area contributed by atoms with E-state index in [1.165, 1.54) is 6.07 Å². The van der Waals surface area contributed by atoms with Gasteiger partial charge >= 0.3 is 12.1 Å². The molecule has 0 heterocycles. The van der Waals surface area contributed by atoms with Gasteiger partial charge in [-0.1, -0.05) is 6.07 Å². The van der Waals surface area contributed by atoms with Crippen LogP contribution in [0, 0.1) is 5.82 Å². The molecule has 0 aliphatic carbocycles. The number of benzene rings is 1. The van der Waals surface area contributed by atoms with Crippen molar-refractivity contribution in [3.05, 3.63) is 35.1 Å². The Labute approximate surface area is 118 Å². The van der Waals surface area contributed by atoms with E-state index in [4.69, 9.17) is 5.11 Å². The lowest BCUT2D eigenvalue weighted by Gasteiger charge is -2.22. The molecule has 0 amide bonds. The van der Waals surface area contributed by atoms with Gasteiger partial charge in [-0.3, -0.25) is 4.90 Å². The maximum absolute atomic E-state index is 13.7. The quantitative estimate of drug-likeness (QED) is 0.645. The van der Waals surface area contributed by atoms with Crippen LogP contribution in [0.2, 0.25) is 0 Å². The van der Waals surface area contributed by atoms with Crippen molar-refractivity contribution in [2.24, 2.45) is 0 Å². The second-order valence-corrected chi connectivity index (χ2v) is 4.36. The first kappa shape index (κ1) is 17.4. The van der Waals surface area contributed by atoms with E-state index < -0.39 is 31.1 Å². The van der Waals surface area contributed by atoms with Crippen molar-refractivity contribution < 1.29 is 32.2 Å². The van der Waals surface area contributed by atoms with E-state index in [9.17, 15) is 22.4 Å². The Balaban J connectivity index is 2.85. The van der Waals surface area contributed by atoms with Crippen molar-refractivity contribution >= 4 is 5.97 Å². The molecule has 4 nitrogen and oxygen atoms in total. The molecular weight excluding hydrogens is 294 g/mol. The molecule has 1 rings (SSSR count). The van der Waals surface area contributed by atoms with Gasteiger partial charge in [0.05, 0.1) is 25.8 Å². The molecule has 0 fully saturated rings. The number of aliphatic hydroxyl groups is 1. The summed E-state index contributed by atoms with van der Waals surface area (Å²) >= 11 is 0. The van der Waals surface area contributed by atoms with Crippen LogP contribution >= 0.6 is 0 Å². The largest absolute Gasteiger partial charge is 0.465 e. The van der Waals surface area contributed by atoms with E-state index >= 15 is 0 Å². The number of halogens is 4. The van der Waals surface area contributed by atoms with Crippen molar-refractivity contribution in [2.75, 3.05) is 26.8 Å². The summed E-state index contributed by atoms with van der Waals surface area (Å²) in [5.41, 5.74) is -0.0244. The minimum absolute atomic E-state index is 0.195. The molecule has 1 aromatic carbocycles. The smallest absolute Gasteiger partial charge is 0.401 e. The SMILES string of the molecule is COC(=O)c1ccc(CN(CCO)CC(F)(F)F)cc1F. The fourth-order valence-electron chi connectivity index (χ4n) is 1.80. The molecular formula is C13H15F4NO3. The number of ether oxygens (including phenoxy) is 1. The maximum atomic E-state index is 13.7. The van der Waals surface area contributed by atoms with Gasteiger partial charge in [-0.25, -0.2) is 9.18 Å². The molecule has 0 aliphatic rings. The van der Waals surface area contributed by atoms with Gasteiger partial charge in [-0.2, -0.15) is 13.2 Å². The average molecular weight is 309 g/mol. The van der Waals surface area contributed by atoms with Gasteiger partial charge in [0.25, 0.3) is 0 Å². The summed E-state index contributed by atoms with van der Waals surface area (Å²) < 4.78 is 55.1. The van der Waals surface area contributed by atoms with Crippen LogP contribution in [-0.2, 0) is 11.3 Å². The molecule has 0 radical (unpaired) electrons. The highest BCUT2D eigenvalue weighted by atomic mass is 19.4. The Morgan fingerprint density at radius 1 is 1.38 bits per heavy atom. The van der Waals surface area contributed by atoms with Crippen LogP contribution in [0.15, 0.2) is 18.2 Å². The maximum Gasteiger partial charge on any atom is 0.401 e. The molecule has 21 heavy (non-hydrogen) atoms. The summed E-state index contributed by atoms with van der Waals surface area (Å²) in [4.78, 5) is 12.1. The monoisotopic (exact) mass is 309 g/mol. The second-order valence-electron chi connectivity index (χ2n) is 4.36. The first-order chi connectivity index (χ1) is 9.76. The molecule has 0 aromatic heterocycles. The Morgan fingerprint density at radius 2 is 2.05 bits per heavy atom. The Bertz CT molecular complexity index is 491. The van der Waals surface area contributed by atoms with Crippen LogP contribution in [0.1, 0.15) is 15.9 Å². The zero-order chi connectivity index (χ0) is 16.0. The number of alkyl halides is 3. The number of aliphatic hydroxyl groups excluding tert-OH is 1. The molecule has 1 aromatic rings. The minimum atomic E-state index is -4.42. The Hall–Kier alpha value is -1.67. The zero-order valence-electron chi connectivity index (χ0n) is 11.3. The normalized spacial score (nSPS) is 11.8. The fraction of sp³-hybridized carbons (Fsp3) is 0.462. The van der Waals surface area contributed by atoms with E-state index in [0.717, 1.165) is 24.1 Å². The summed E-state index contributed by atoms with van der Waals surface area (Å²) in [6.45, 7) is -2.05. The highest BCUT2D eigenvalue weighted by Gasteiger charge is 2.30. The van der Waals surface area contributed by atoms with Crippen molar-refractivity contribution in [3.63, 3.8) is 0 Å². The highest BCUT2D eigenvalue weighted by Crippen LogP contribution is 2.19. The van der Waals surface area contributed by atoms with Gasteiger partial charge in [-0.05, 0) is 17.7 Å². The van der Waals surface area contributed by atoms with E-state index in [1.54, 1.807) is 0 Å². The standard InChI is InChI=1S/C13H15F4NO3/c1-21-12(20)10-3-2-9(6-11(10)14)7-18(4-5-19)8-13(15,16)17/h2-3,6,19H,4-5,7-8H2,1H3. The van der Waals surface area contributed by atoms with Gasteiger partial charge in [-0.15, -0.1) is 0 Å². The van der Waals surface area contributed by atoms with Crippen LogP contribution < -0.4 is 0 Å². The lowest BCUT2D eigenvalue weighted by Crippen LogP contribution is -2.35. The van der Waals surface area contributed by atoms with Crippen molar-refractivity contribution in [1.29, 1.82) is 0 Å². The summed E-state index contributed by atoms with van der Waals surface area (Å²) in [6.07, 6.45) is -4.42. The number of methoxy groups -OCH3 is 1. The highest BCUT2D eigenvalue weighted by molar-refractivity contribution is 5.89. The van der Waals surface area contributed by atoms with Crippen molar-refractivity contribution in [1.82, 2.24) is 4.90 Å². The number of nitrogens with zero attached hydrogens (tertiary/aromatic N) is 1. The van der Waals surface area contributed by atoms with E-state index in [2.05, 4.69) is 4.74 Å². The summed E-state index contributed by atoms with van der Waals surface area (Å²) in [7, 11) is 1.10. The number of esters is 1.